The maximum Gasteiger partial charge on any atom is 0.341 e. The van der Waals surface area contributed by atoms with Gasteiger partial charge in [-0.05, 0) is 18.9 Å². The summed E-state index contributed by atoms with van der Waals surface area (Å²) in [5, 5.41) is 13.5. The Balaban J connectivity index is 2.17. The second-order valence-corrected chi connectivity index (χ2v) is 4.87. The summed E-state index contributed by atoms with van der Waals surface area (Å²) in [5.41, 5.74) is 2.06. The zero-order chi connectivity index (χ0) is 14.7. The molecule has 2 aromatic rings. The van der Waals surface area contributed by atoms with Gasteiger partial charge in [0.05, 0.1) is 5.69 Å². The number of anilines is 1. The highest BCUT2D eigenvalue weighted by Crippen LogP contribution is 2.22. The molecule has 1 heterocycles. The maximum absolute atomic E-state index is 11.4. The standard InChI is InChI=1S/C15H19N3O2/c1-11-13(15(19)20)14(18(3)16-11)17(2)10-9-12-7-5-4-6-8-12/h4-8H,9-10H2,1-3H3,(H,19,20). The lowest BCUT2D eigenvalue weighted by Crippen LogP contribution is -2.24. The summed E-state index contributed by atoms with van der Waals surface area (Å²) < 4.78 is 1.63. The van der Waals surface area contributed by atoms with Crippen LogP contribution >= 0.6 is 0 Å². The summed E-state index contributed by atoms with van der Waals surface area (Å²) in [6.45, 7) is 2.46. The molecule has 0 fully saturated rings. The quantitative estimate of drug-likeness (QED) is 0.906. The first kappa shape index (κ1) is 14.1. The van der Waals surface area contributed by atoms with Crippen LogP contribution in [0.2, 0.25) is 0 Å². The molecular weight excluding hydrogens is 254 g/mol. The van der Waals surface area contributed by atoms with Crippen LogP contribution in [0.15, 0.2) is 30.3 Å². The largest absolute Gasteiger partial charge is 0.477 e. The number of aromatic carboxylic acids is 1. The molecule has 20 heavy (non-hydrogen) atoms. The van der Waals surface area contributed by atoms with Crippen molar-refractivity contribution in [3.8, 4) is 0 Å². The predicted molar refractivity (Wildman–Crippen MR) is 78.3 cm³/mol. The van der Waals surface area contributed by atoms with Crippen LogP contribution in [-0.2, 0) is 13.5 Å². The number of nitrogens with zero attached hydrogens (tertiary/aromatic N) is 3. The van der Waals surface area contributed by atoms with Crippen LogP contribution in [-0.4, -0.2) is 34.4 Å². The zero-order valence-corrected chi connectivity index (χ0v) is 12.0. The van der Waals surface area contributed by atoms with Gasteiger partial charge in [0.1, 0.15) is 11.4 Å². The van der Waals surface area contributed by atoms with Gasteiger partial charge < -0.3 is 10.0 Å². The van der Waals surface area contributed by atoms with E-state index in [0.29, 0.717) is 11.5 Å². The Kier molecular flexibility index (Phi) is 4.08. The van der Waals surface area contributed by atoms with Crippen LogP contribution < -0.4 is 4.90 Å². The van der Waals surface area contributed by atoms with Gasteiger partial charge in [-0.2, -0.15) is 5.10 Å². The van der Waals surface area contributed by atoms with E-state index in [-0.39, 0.29) is 5.56 Å². The van der Waals surface area contributed by atoms with Gasteiger partial charge in [0.2, 0.25) is 0 Å². The van der Waals surface area contributed by atoms with Crippen LogP contribution in [0.25, 0.3) is 0 Å². The molecule has 0 radical (unpaired) electrons. The van der Waals surface area contributed by atoms with Crippen LogP contribution in [0.4, 0.5) is 5.82 Å². The Labute approximate surface area is 118 Å². The molecular formula is C15H19N3O2. The Morgan fingerprint density at radius 3 is 2.60 bits per heavy atom. The molecule has 0 atom stereocenters. The van der Waals surface area contributed by atoms with E-state index in [4.69, 9.17) is 0 Å². The first-order valence-corrected chi connectivity index (χ1v) is 6.52. The molecule has 0 amide bonds. The summed E-state index contributed by atoms with van der Waals surface area (Å²) in [6, 6.07) is 10.1. The van der Waals surface area contributed by atoms with Gasteiger partial charge in [0.15, 0.2) is 0 Å². The number of rotatable bonds is 5. The third-order valence-corrected chi connectivity index (χ3v) is 3.35. The monoisotopic (exact) mass is 273 g/mol. The van der Waals surface area contributed by atoms with Crippen LogP contribution in [0, 0.1) is 6.92 Å². The molecule has 0 spiro atoms. The van der Waals surface area contributed by atoms with Crippen molar-refractivity contribution in [2.45, 2.75) is 13.3 Å². The second kappa shape index (κ2) is 5.77. The molecule has 0 aliphatic carbocycles. The molecule has 5 heteroatoms. The van der Waals surface area contributed by atoms with E-state index < -0.39 is 5.97 Å². The molecule has 0 saturated carbocycles. The first-order chi connectivity index (χ1) is 9.50. The van der Waals surface area contributed by atoms with Gasteiger partial charge in [0.25, 0.3) is 0 Å². The van der Waals surface area contributed by atoms with Crippen molar-refractivity contribution in [1.29, 1.82) is 0 Å². The summed E-state index contributed by atoms with van der Waals surface area (Å²) in [7, 11) is 3.67. The smallest absolute Gasteiger partial charge is 0.341 e. The Hall–Kier alpha value is -2.30. The van der Waals surface area contributed by atoms with E-state index in [0.717, 1.165) is 13.0 Å². The Bertz CT molecular complexity index is 605. The van der Waals surface area contributed by atoms with Crippen molar-refractivity contribution < 1.29 is 9.90 Å². The molecule has 1 aromatic carbocycles. The number of aromatic nitrogens is 2. The van der Waals surface area contributed by atoms with Crippen molar-refractivity contribution in [3.63, 3.8) is 0 Å². The lowest BCUT2D eigenvalue weighted by atomic mass is 10.1. The van der Waals surface area contributed by atoms with Crippen LogP contribution in [0.3, 0.4) is 0 Å². The van der Waals surface area contributed by atoms with E-state index in [1.807, 2.05) is 30.1 Å². The molecule has 0 bridgehead atoms. The fourth-order valence-electron chi connectivity index (χ4n) is 2.38. The fourth-order valence-corrected chi connectivity index (χ4v) is 2.38. The molecule has 2 rings (SSSR count). The lowest BCUT2D eigenvalue weighted by molar-refractivity contribution is 0.0696. The minimum atomic E-state index is -0.933. The topological polar surface area (TPSA) is 58.4 Å². The van der Waals surface area contributed by atoms with Gasteiger partial charge >= 0.3 is 5.97 Å². The molecule has 0 aliphatic heterocycles. The zero-order valence-electron chi connectivity index (χ0n) is 12.0. The summed E-state index contributed by atoms with van der Waals surface area (Å²) in [4.78, 5) is 13.3. The van der Waals surface area contributed by atoms with Crippen molar-refractivity contribution in [2.24, 2.45) is 7.05 Å². The number of hydrogen-bond acceptors (Lipinski definition) is 3. The summed E-state index contributed by atoms with van der Waals surface area (Å²) in [6.07, 6.45) is 0.862. The molecule has 0 saturated heterocycles. The van der Waals surface area contributed by atoms with E-state index in [1.165, 1.54) is 5.56 Å². The minimum absolute atomic E-state index is 0.281. The van der Waals surface area contributed by atoms with Crippen molar-refractivity contribution in [2.75, 3.05) is 18.5 Å². The molecule has 1 N–H and O–H groups in total. The van der Waals surface area contributed by atoms with Gasteiger partial charge in [-0.3, -0.25) is 4.68 Å². The highest BCUT2D eigenvalue weighted by atomic mass is 16.4. The van der Waals surface area contributed by atoms with E-state index in [9.17, 15) is 9.90 Å². The average molecular weight is 273 g/mol. The number of carboxylic acid groups (broad SMARTS) is 1. The van der Waals surface area contributed by atoms with E-state index in [1.54, 1.807) is 18.7 Å². The number of hydrogen-bond donors (Lipinski definition) is 1. The number of benzene rings is 1. The first-order valence-electron chi connectivity index (χ1n) is 6.52. The van der Waals surface area contributed by atoms with Gasteiger partial charge in [-0.15, -0.1) is 0 Å². The van der Waals surface area contributed by atoms with E-state index in [2.05, 4.69) is 17.2 Å². The number of likely N-dealkylation sites (N-methyl/N-ethyl adjacent to an activating group) is 1. The predicted octanol–water partition coefficient (Wildman–Crippen LogP) is 2.11. The van der Waals surface area contributed by atoms with Crippen molar-refractivity contribution in [3.05, 3.63) is 47.2 Å². The molecule has 0 aliphatic rings. The molecule has 0 unspecified atom stereocenters. The summed E-state index contributed by atoms with van der Waals surface area (Å²) in [5.74, 6) is -0.289. The van der Waals surface area contributed by atoms with Gasteiger partial charge in [0, 0.05) is 20.6 Å². The maximum atomic E-state index is 11.4. The summed E-state index contributed by atoms with van der Waals surface area (Å²) >= 11 is 0. The Morgan fingerprint density at radius 1 is 1.35 bits per heavy atom. The third kappa shape index (κ3) is 2.82. The number of aryl methyl sites for hydroxylation is 2. The Morgan fingerprint density at radius 2 is 2.00 bits per heavy atom. The highest BCUT2D eigenvalue weighted by molar-refractivity contribution is 5.94. The SMILES string of the molecule is Cc1nn(C)c(N(C)CCc2ccccc2)c1C(=O)O. The van der Waals surface area contributed by atoms with Crippen LogP contribution in [0.5, 0.6) is 0 Å². The van der Waals surface area contributed by atoms with Crippen molar-refractivity contribution in [1.82, 2.24) is 9.78 Å². The molecule has 1 aromatic heterocycles. The fraction of sp³-hybridized carbons (Fsp3) is 0.333. The number of carbonyl (C=O) groups is 1. The van der Waals surface area contributed by atoms with Gasteiger partial charge in [-0.1, -0.05) is 30.3 Å². The second-order valence-electron chi connectivity index (χ2n) is 4.87. The number of carboxylic acids is 1. The molecule has 106 valence electrons. The minimum Gasteiger partial charge on any atom is -0.477 e. The highest BCUT2D eigenvalue weighted by Gasteiger charge is 2.22. The van der Waals surface area contributed by atoms with Crippen LogP contribution in [0.1, 0.15) is 21.6 Å². The lowest BCUT2D eigenvalue weighted by Gasteiger charge is -2.20. The van der Waals surface area contributed by atoms with Gasteiger partial charge in [-0.25, -0.2) is 4.79 Å². The van der Waals surface area contributed by atoms with E-state index >= 15 is 0 Å². The molecule has 5 nitrogen and oxygen atoms in total. The normalized spacial score (nSPS) is 10.6. The average Bonchev–Trinajstić information content (AvgIpc) is 2.72. The van der Waals surface area contributed by atoms with Crippen molar-refractivity contribution >= 4 is 11.8 Å². The third-order valence-electron chi connectivity index (χ3n) is 3.35.